The van der Waals surface area contributed by atoms with Crippen molar-refractivity contribution in [2.45, 2.75) is 51.3 Å². The maximum absolute atomic E-state index is 11.3. The Morgan fingerprint density at radius 3 is 1.93 bits per heavy atom. The van der Waals surface area contributed by atoms with Crippen LogP contribution in [0.15, 0.2) is 0 Å². The monoisotopic (exact) mass is 221 g/mol. The highest BCUT2D eigenvalue weighted by molar-refractivity contribution is 7.91. The van der Waals surface area contributed by atoms with Crippen LogP contribution in [0.4, 0.5) is 0 Å². The Kier molecular flexibility index (Phi) is 5.67. The zero-order valence-electron chi connectivity index (χ0n) is 9.66. The molecule has 2 unspecified atom stereocenters. The van der Waals surface area contributed by atoms with E-state index in [-0.39, 0.29) is 6.04 Å². The Balaban J connectivity index is 4.27. The van der Waals surface area contributed by atoms with Gasteiger partial charge in [-0.15, -0.1) is 0 Å². The molecule has 0 aliphatic heterocycles. The molecule has 0 aromatic rings. The van der Waals surface area contributed by atoms with Crippen molar-refractivity contribution in [1.82, 2.24) is 0 Å². The Morgan fingerprint density at radius 1 is 1.21 bits per heavy atom. The summed E-state index contributed by atoms with van der Waals surface area (Å²) in [6.07, 6.45) is 4.20. The molecule has 0 aromatic heterocycles. The second-order valence-electron chi connectivity index (χ2n) is 4.12. The number of rotatable bonds is 6. The minimum atomic E-state index is -2.99. The van der Waals surface area contributed by atoms with E-state index in [9.17, 15) is 8.42 Å². The lowest BCUT2D eigenvalue weighted by atomic mass is 9.94. The third-order valence-corrected chi connectivity index (χ3v) is 4.74. The molecule has 0 aromatic carbocycles. The first-order chi connectivity index (χ1) is 6.32. The standard InChI is InChI=1S/C10H23NO2S/c1-5-9(6-2)7-10(11)8(3)14(4,12)13/h8-10H,5-7,11H2,1-4H3. The molecule has 0 amide bonds. The SMILES string of the molecule is CCC(CC)CC(N)C(C)S(C)(=O)=O. The average molecular weight is 221 g/mol. The molecular weight excluding hydrogens is 198 g/mol. The van der Waals surface area contributed by atoms with Gasteiger partial charge in [0.15, 0.2) is 9.84 Å². The van der Waals surface area contributed by atoms with Crippen LogP contribution in [0, 0.1) is 5.92 Å². The fraction of sp³-hybridized carbons (Fsp3) is 1.00. The van der Waals surface area contributed by atoms with Crippen LogP contribution in [0.1, 0.15) is 40.0 Å². The molecular formula is C10H23NO2S. The van der Waals surface area contributed by atoms with Gasteiger partial charge in [0.2, 0.25) is 0 Å². The van der Waals surface area contributed by atoms with Gasteiger partial charge in [0.05, 0.1) is 5.25 Å². The van der Waals surface area contributed by atoms with Gasteiger partial charge in [0.1, 0.15) is 0 Å². The molecule has 0 rings (SSSR count). The normalized spacial score (nSPS) is 17.0. The molecule has 0 radical (unpaired) electrons. The first-order valence-corrected chi connectivity index (χ1v) is 7.22. The van der Waals surface area contributed by atoms with Crippen LogP contribution in [-0.2, 0) is 9.84 Å². The fourth-order valence-corrected chi connectivity index (χ4v) is 2.26. The summed E-state index contributed by atoms with van der Waals surface area (Å²) >= 11 is 0. The molecule has 0 saturated heterocycles. The van der Waals surface area contributed by atoms with Crippen LogP contribution in [0.2, 0.25) is 0 Å². The molecule has 0 aliphatic carbocycles. The van der Waals surface area contributed by atoms with Gasteiger partial charge in [-0.05, 0) is 19.3 Å². The number of sulfone groups is 1. The van der Waals surface area contributed by atoms with Crippen LogP contribution in [0.5, 0.6) is 0 Å². The third kappa shape index (κ3) is 4.42. The quantitative estimate of drug-likeness (QED) is 0.740. The van der Waals surface area contributed by atoms with Crippen molar-refractivity contribution in [2.75, 3.05) is 6.26 Å². The largest absolute Gasteiger partial charge is 0.327 e. The molecule has 0 aliphatic rings. The first-order valence-electron chi connectivity index (χ1n) is 5.27. The molecule has 2 N–H and O–H groups in total. The molecule has 0 fully saturated rings. The van der Waals surface area contributed by atoms with Gasteiger partial charge in [0.25, 0.3) is 0 Å². The van der Waals surface area contributed by atoms with Gasteiger partial charge in [-0.1, -0.05) is 26.7 Å². The Bertz CT molecular complexity index is 245. The summed E-state index contributed by atoms with van der Waals surface area (Å²) in [7, 11) is -2.99. The summed E-state index contributed by atoms with van der Waals surface area (Å²) in [6, 6.07) is -0.227. The minimum Gasteiger partial charge on any atom is -0.327 e. The zero-order chi connectivity index (χ0) is 11.4. The van der Waals surface area contributed by atoms with E-state index >= 15 is 0 Å². The Hall–Kier alpha value is -0.0900. The van der Waals surface area contributed by atoms with Gasteiger partial charge in [-0.2, -0.15) is 0 Å². The van der Waals surface area contributed by atoms with Gasteiger partial charge in [-0.25, -0.2) is 8.42 Å². The predicted molar refractivity (Wildman–Crippen MR) is 61.0 cm³/mol. The summed E-state index contributed by atoms with van der Waals surface area (Å²) in [5.41, 5.74) is 5.88. The van der Waals surface area contributed by atoms with E-state index in [0.717, 1.165) is 19.3 Å². The summed E-state index contributed by atoms with van der Waals surface area (Å²) in [6.45, 7) is 5.93. The van der Waals surface area contributed by atoms with Crippen molar-refractivity contribution in [3.63, 3.8) is 0 Å². The molecule has 4 heteroatoms. The number of hydrogen-bond donors (Lipinski definition) is 1. The lowest BCUT2D eigenvalue weighted by Crippen LogP contribution is -2.39. The van der Waals surface area contributed by atoms with Crippen LogP contribution in [0.3, 0.4) is 0 Å². The molecule has 0 spiro atoms. The first kappa shape index (κ1) is 13.9. The van der Waals surface area contributed by atoms with Crippen LogP contribution in [0.25, 0.3) is 0 Å². The Labute approximate surface area is 88.0 Å². The lowest BCUT2D eigenvalue weighted by Gasteiger charge is -2.22. The van der Waals surface area contributed by atoms with E-state index in [4.69, 9.17) is 5.73 Å². The average Bonchev–Trinajstić information content (AvgIpc) is 2.11. The second-order valence-corrected chi connectivity index (χ2v) is 6.52. The van der Waals surface area contributed by atoms with Crippen molar-refractivity contribution < 1.29 is 8.42 Å². The molecule has 14 heavy (non-hydrogen) atoms. The Morgan fingerprint density at radius 2 is 1.64 bits per heavy atom. The van der Waals surface area contributed by atoms with Crippen molar-refractivity contribution >= 4 is 9.84 Å². The number of nitrogens with two attached hydrogens (primary N) is 1. The van der Waals surface area contributed by atoms with Crippen LogP contribution in [-0.4, -0.2) is 26.0 Å². The highest BCUT2D eigenvalue weighted by Gasteiger charge is 2.24. The van der Waals surface area contributed by atoms with Crippen LogP contribution < -0.4 is 5.73 Å². The topological polar surface area (TPSA) is 60.2 Å². The summed E-state index contributed by atoms with van der Waals surface area (Å²) in [5.74, 6) is 0.550. The highest BCUT2D eigenvalue weighted by atomic mass is 32.2. The molecule has 0 saturated carbocycles. The zero-order valence-corrected chi connectivity index (χ0v) is 10.5. The lowest BCUT2D eigenvalue weighted by molar-refractivity contribution is 0.402. The number of hydrogen-bond acceptors (Lipinski definition) is 3. The highest BCUT2D eigenvalue weighted by Crippen LogP contribution is 2.17. The second kappa shape index (κ2) is 5.71. The van der Waals surface area contributed by atoms with E-state index in [2.05, 4.69) is 13.8 Å². The molecule has 86 valence electrons. The molecule has 2 atom stereocenters. The fourth-order valence-electron chi connectivity index (χ4n) is 1.52. The molecule has 3 nitrogen and oxygen atoms in total. The maximum Gasteiger partial charge on any atom is 0.151 e. The third-order valence-electron chi connectivity index (χ3n) is 3.04. The van der Waals surface area contributed by atoms with Crippen molar-refractivity contribution in [3.8, 4) is 0 Å². The van der Waals surface area contributed by atoms with Crippen molar-refractivity contribution in [2.24, 2.45) is 11.7 Å². The van der Waals surface area contributed by atoms with Gasteiger partial charge < -0.3 is 5.73 Å². The van der Waals surface area contributed by atoms with Gasteiger partial charge in [0, 0.05) is 12.3 Å². The van der Waals surface area contributed by atoms with E-state index < -0.39 is 15.1 Å². The van der Waals surface area contributed by atoms with E-state index in [1.165, 1.54) is 6.26 Å². The van der Waals surface area contributed by atoms with Gasteiger partial charge in [-0.3, -0.25) is 0 Å². The summed E-state index contributed by atoms with van der Waals surface area (Å²) < 4.78 is 22.5. The molecule has 0 bridgehead atoms. The maximum atomic E-state index is 11.3. The van der Waals surface area contributed by atoms with E-state index in [1.54, 1.807) is 6.92 Å². The molecule has 0 heterocycles. The minimum absolute atomic E-state index is 0.227. The summed E-state index contributed by atoms with van der Waals surface area (Å²) in [4.78, 5) is 0. The smallest absolute Gasteiger partial charge is 0.151 e. The summed E-state index contributed by atoms with van der Waals surface area (Å²) in [5, 5.41) is -0.428. The van der Waals surface area contributed by atoms with Crippen LogP contribution >= 0.6 is 0 Å². The predicted octanol–water partition coefficient (Wildman–Crippen LogP) is 1.57. The van der Waals surface area contributed by atoms with Gasteiger partial charge >= 0.3 is 0 Å². The van der Waals surface area contributed by atoms with E-state index in [0.29, 0.717) is 5.92 Å². The van der Waals surface area contributed by atoms with Crippen molar-refractivity contribution in [1.29, 1.82) is 0 Å². The van der Waals surface area contributed by atoms with Crippen molar-refractivity contribution in [3.05, 3.63) is 0 Å². The van der Waals surface area contributed by atoms with E-state index in [1.807, 2.05) is 0 Å².